The van der Waals surface area contributed by atoms with Crippen LogP contribution in [-0.4, -0.2) is 31.3 Å². The topological polar surface area (TPSA) is 106 Å². The molecule has 0 aromatic heterocycles. The van der Waals surface area contributed by atoms with Gasteiger partial charge >= 0.3 is 6.09 Å². The van der Waals surface area contributed by atoms with E-state index in [1.807, 2.05) is 6.92 Å². The van der Waals surface area contributed by atoms with Gasteiger partial charge in [0.05, 0.1) is 25.9 Å². The van der Waals surface area contributed by atoms with Crippen molar-refractivity contribution in [2.24, 2.45) is 0 Å². The van der Waals surface area contributed by atoms with Crippen LogP contribution >= 0.6 is 0 Å². The fraction of sp³-hybridized carbons (Fsp3) is 0.231. The first kappa shape index (κ1) is 24.4. The lowest BCUT2D eigenvalue weighted by atomic mass is 10.0. The highest BCUT2D eigenvalue weighted by molar-refractivity contribution is 6.05. The van der Waals surface area contributed by atoms with E-state index in [1.165, 1.54) is 6.07 Å². The van der Waals surface area contributed by atoms with Gasteiger partial charge in [-0.2, -0.15) is 0 Å². The molecule has 178 valence electrons. The number of carbonyl (C=O) groups is 2. The Kier molecular flexibility index (Phi) is 8.34. The van der Waals surface area contributed by atoms with Crippen LogP contribution in [0.25, 0.3) is 0 Å². The molecule has 0 fully saturated rings. The van der Waals surface area contributed by atoms with E-state index in [2.05, 4.69) is 10.6 Å². The number of phenols is 1. The number of para-hydroxylation sites is 2. The summed E-state index contributed by atoms with van der Waals surface area (Å²) in [6, 6.07) is 18.4. The average Bonchev–Trinajstić information content (AvgIpc) is 2.87. The minimum atomic E-state index is -0.553. The fourth-order valence-corrected chi connectivity index (χ4v) is 3.36. The highest BCUT2D eigenvalue weighted by atomic mass is 16.5. The molecule has 0 bridgehead atoms. The molecule has 8 nitrogen and oxygen atoms in total. The summed E-state index contributed by atoms with van der Waals surface area (Å²) in [5.74, 6) is 0.805. The van der Waals surface area contributed by atoms with Gasteiger partial charge in [-0.1, -0.05) is 37.3 Å². The lowest BCUT2D eigenvalue weighted by Crippen LogP contribution is -2.28. The van der Waals surface area contributed by atoms with E-state index in [1.54, 1.807) is 74.9 Å². The SMILES string of the molecule is CC[C@H](NC(=O)OCc1ccc(OC)c(OC)c1)c1ccc(C(=O)Nc2ccccc2O)cc1. The first-order valence-electron chi connectivity index (χ1n) is 10.8. The van der Waals surface area contributed by atoms with Gasteiger partial charge in [-0.05, 0) is 53.9 Å². The van der Waals surface area contributed by atoms with E-state index in [9.17, 15) is 14.7 Å². The Hall–Kier alpha value is -4.20. The van der Waals surface area contributed by atoms with E-state index in [0.29, 0.717) is 29.2 Å². The molecule has 0 saturated heterocycles. The molecular weight excluding hydrogens is 436 g/mol. The Morgan fingerprint density at radius 3 is 2.29 bits per heavy atom. The van der Waals surface area contributed by atoms with Crippen molar-refractivity contribution in [3.05, 3.63) is 83.4 Å². The molecule has 3 N–H and O–H groups in total. The molecule has 2 amide bonds. The van der Waals surface area contributed by atoms with E-state index in [0.717, 1.165) is 11.1 Å². The summed E-state index contributed by atoms with van der Waals surface area (Å²) in [7, 11) is 3.10. The maximum absolute atomic E-state index is 12.5. The van der Waals surface area contributed by atoms with Crippen LogP contribution in [0, 0.1) is 0 Å². The van der Waals surface area contributed by atoms with Crippen molar-refractivity contribution in [3.8, 4) is 17.2 Å². The molecule has 1 atom stereocenters. The van der Waals surface area contributed by atoms with Gasteiger partial charge in [-0.3, -0.25) is 4.79 Å². The lowest BCUT2D eigenvalue weighted by molar-refractivity contribution is 0.102. The molecular formula is C26H28N2O6. The molecule has 0 spiro atoms. The number of alkyl carbamates (subject to hydrolysis) is 1. The second-order valence-corrected chi connectivity index (χ2v) is 7.46. The zero-order chi connectivity index (χ0) is 24.5. The second-order valence-electron chi connectivity index (χ2n) is 7.46. The minimum absolute atomic E-state index is 0.00527. The van der Waals surface area contributed by atoms with Crippen LogP contribution in [0.15, 0.2) is 66.7 Å². The summed E-state index contributed by atoms with van der Waals surface area (Å²) in [6.07, 6.45) is 0.0810. The van der Waals surface area contributed by atoms with Crippen LogP contribution in [0.3, 0.4) is 0 Å². The van der Waals surface area contributed by atoms with Crippen molar-refractivity contribution >= 4 is 17.7 Å². The Morgan fingerprint density at radius 2 is 1.65 bits per heavy atom. The number of nitrogens with one attached hydrogen (secondary N) is 2. The number of anilines is 1. The zero-order valence-electron chi connectivity index (χ0n) is 19.3. The predicted octanol–water partition coefficient (Wildman–Crippen LogP) is 5.04. The normalized spacial score (nSPS) is 11.3. The third kappa shape index (κ3) is 6.19. The highest BCUT2D eigenvalue weighted by Crippen LogP contribution is 2.28. The van der Waals surface area contributed by atoms with Crippen molar-refractivity contribution in [1.82, 2.24) is 5.32 Å². The largest absolute Gasteiger partial charge is 0.506 e. The summed E-state index contributed by atoms with van der Waals surface area (Å²) in [5, 5.41) is 15.3. The van der Waals surface area contributed by atoms with Crippen molar-refractivity contribution in [1.29, 1.82) is 0 Å². The van der Waals surface area contributed by atoms with Crippen molar-refractivity contribution in [2.75, 3.05) is 19.5 Å². The van der Waals surface area contributed by atoms with E-state index in [4.69, 9.17) is 14.2 Å². The molecule has 0 unspecified atom stereocenters. The summed E-state index contributed by atoms with van der Waals surface area (Å²) < 4.78 is 15.8. The number of benzene rings is 3. The number of carbonyl (C=O) groups excluding carboxylic acids is 2. The molecule has 0 heterocycles. The maximum Gasteiger partial charge on any atom is 0.407 e. The lowest BCUT2D eigenvalue weighted by Gasteiger charge is -2.18. The van der Waals surface area contributed by atoms with Crippen LogP contribution in [0.1, 0.15) is 40.9 Å². The van der Waals surface area contributed by atoms with Crippen LogP contribution in [-0.2, 0) is 11.3 Å². The second kappa shape index (κ2) is 11.6. The number of methoxy groups -OCH3 is 2. The van der Waals surface area contributed by atoms with Gasteiger partial charge in [0, 0.05) is 5.56 Å². The number of hydrogen-bond donors (Lipinski definition) is 3. The number of hydrogen-bond acceptors (Lipinski definition) is 6. The van der Waals surface area contributed by atoms with Gasteiger partial charge < -0.3 is 30.0 Å². The third-order valence-corrected chi connectivity index (χ3v) is 5.25. The molecule has 0 aliphatic rings. The summed E-state index contributed by atoms with van der Waals surface area (Å²) in [5.41, 5.74) is 2.37. The molecule has 0 aliphatic heterocycles. The summed E-state index contributed by atoms with van der Waals surface area (Å²) >= 11 is 0. The van der Waals surface area contributed by atoms with E-state index >= 15 is 0 Å². The Bertz CT molecular complexity index is 1130. The minimum Gasteiger partial charge on any atom is -0.506 e. The van der Waals surface area contributed by atoms with Crippen molar-refractivity contribution in [3.63, 3.8) is 0 Å². The first-order valence-corrected chi connectivity index (χ1v) is 10.8. The summed E-state index contributed by atoms with van der Waals surface area (Å²) in [4.78, 5) is 24.8. The van der Waals surface area contributed by atoms with Gasteiger partial charge in [0.2, 0.25) is 0 Å². The number of ether oxygens (including phenoxy) is 3. The molecule has 0 radical (unpaired) electrons. The predicted molar refractivity (Wildman–Crippen MR) is 128 cm³/mol. The molecule has 0 saturated carbocycles. The molecule has 8 heteroatoms. The Balaban J connectivity index is 1.58. The van der Waals surface area contributed by atoms with Crippen LogP contribution in [0.4, 0.5) is 10.5 Å². The molecule has 3 aromatic carbocycles. The van der Waals surface area contributed by atoms with E-state index in [-0.39, 0.29) is 24.3 Å². The molecule has 34 heavy (non-hydrogen) atoms. The van der Waals surface area contributed by atoms with Crippen LogP contribution in [0.2, 0.25) is 0 Å². The monoisotopic (exact) mass is 464 g/mol. The standard InChI is InChI=1S/C26H28N2O6/c1-4-20(28-26(31)34-16-17-9-14-23(32-2)24(15-17)33-3)18-10-12-19(13-11-18)25(30)27-21-7-5-6-8-22(21)29/h5-15,20,29H,4,16H2,1-3H3,(H,27,30)(H,28,31)/t20-/m0/s1. The molecule has 0 aliphatic carbocycles. The van der Waals surface area contributed by atoms with Gasteiger partial charge in [-0.15, -0.1) is 0 Å². The van der Waals surface area contributed by atoms with Crippen LogP contribution in [0.5, 0.6) is 17.2 Å². The average molecular weight is 465 g/mol. The first-order chi connectivity index (χ1) is 16.4. The van der Waals surface area contributed by atoms with Gasteiger partial charge in [-0.25, -0.2) is 4.79 Å². The molecule has 3 rings (SSSR count). The van der Waals surface area contributed by atoms with Gasteiger partial charge in [0.25, 0.3) is 5.91 Å². The van der Waals surface area contributed by atoms with Crippen molar-refractivity contribution < 1.29 is 28.9 Å². The maximum atomic E-state index is 12.5. The van der Waals surface area contributed by atoms with Gasteiger partial charge in [0.1, 0.15) is 12.4 Å². The molecule has 3 aromatic rings. The zero-order valence-corrected chi connectivity index (χ0v) is 19.3. The number of phenolic OH excluding ortho intramolecular Hbond substituents is 1. The third-order valence-electron chi connectivity index (χ3n) is 5.25. The quantitative estimate of drug-likeness (QED) is 0.383. The number of amides is 2. The smallest absolute Gasteiger partial charge is 0.407 e. The Morgan fingerprint density at radius 1 is 0.941 bits per heavy atom. The van der Waals surface area contributed by atoms with E-state index < -0.39 is 6.09 Å². The van der Waals surface area contributed by atoms with Crippen molar-refractivity contribution in [2.45, 2.75) is 26.0 Å². The fourth-order valence-electron chi connectivity index (χ4n) is 3.36. The Labute approximate surface area is 198 Å². The number of aromatic hydroxyl groups is 1. The highest BCUT2D eigenvalue weighted by Gasteiger charge is 2.16. The van der Waals surface area contributed by atoms with Crippen LogP contribution < -0.4 is 20.1 Å². The van der Waals surface area contributed by atoms with Gasteiger partial charge in [0.15, 0.2) is 11.5 Å². The summed E-state index contributed by atoms with van der Waals surface area (Å²) in [6.45, 7) is 2.02. The number of rotatable bonds is 9.